The Labute approximate surface area is 163 Å². The zero-order chi connectivity index (χ0) is 19.4. The highest BCUT2D eigenvalue weighted by atomic mass is 32.2. The Hall–Kier alpha value is -2.48. The van der Waals surface area contributed by atoms with E-state index in [4.69, 9.17) is 9.47 Å². The van der Waals surface area contributed by atoms with E-state index in [9.17, 15) is 4.79 Å². The Morgan fingerprint density at radius 3 is 2.81 bits per heavy atom. The molecule has 1 aromatic heterocycles. The topological polar surface area (TPSA) is 78.3 Å². The highest BCUT2D eigenvalue weighted by Gasteiger charge is 2.36. The lowest BCUT2D eigenvalue weighted by atomic mass is 9.95. The number of para-hydroxylation sites is 1. The first-order valence-electron chi connectivity index (χ1n) is 8.97. The van der Waals surface area contributed by atoms with E-state index in [2.05, 4.69) is 22.3 Å². The molecule has 0 saturated carbocycles. The van der Waals surface area contributed by atoms with Crippen molar-refractivity contribution >= 4 is 23.7 Å². The molecule has 1 aliphatic rings. The number of benzene rings is 1. The van der Waals surface area contributed by atoms with Gasteiger partial charge in [0.2, 0.25) is 11.1 Å². The summed E-state index contributed by atoms with van der Waals surface area (Å²) in [5.74, 6) is 1.85. The van der Waals surface area contributed by atoms with Gasteiger partial charge in [-0.25, -0.2) is 9.48 Å². The monoisotopic (exact) mass is 388 g/mol. The van der Waals surface area contributed by atoms with Crippen LogP contribution in [-0.4, -0.2) is 40.2 Å². The van der Waals surface area contributed by atoms with E-state index in [1.54, 1.807) is 30.5 Å². The minimum absolute atomic E-state index is 0.302. The first kappa shape index (κ1) is 19.3. The summed E-state index contributed by atoms with van der Waals surface area (Å²) in [5, 5.41) is 8.53. The van der Waals surface area contributed by atoms with Gasteiger partial charge in [-0.3, -0.25) is 0 Å². The fourth-order valence-corrected chi connectivity index (χ4v) is 3.72. The van der Waals surface area contributed by atoms with Crippen molar-refractivity contribution in [1.29, 1.82) is 0 Å². The molecule has 2 heterocycles. The third-order valence-electron chi connectivity index (χ3n) is 4.20. The molecule has 8 heteroatoms. The number of fused-ring (bicyclic) bond motifs is 1. The number of hydrogen-bond donors (Lipinski definition) is 1. The number of thioether (sulfide) groups is 1. The highest BCUT2D eigenvalue weighted by Crippen LogP contribution is 2.40. The fourth-order valence-electron chi connectivity index (χ4n) is 3.04. The van der Waals surface area contributed by atoms with Crippen LogP contribution in [0.25, 0.3) is 0 Å². The van der Waals surface area contributed by atoms with Gasteiger partial charge in [-0.2, -0.15) is 4.98 Å². The first-order valence-corrected chi connectivity index (χ1v) is 9.96. The number of nitrogens with zero attached hydrogens (tertiary/aromatic N) is 3. The lowest BCUT2D eigenvalue weighted by Gasteiger charge is -2.28. The Bertz CT molecular complexity index is 862. The second kappa shape index (κ2) is 8.47. The third kappa shape index (κ3) is 3.80. The maximum absolute atomic E-state index is 12.8. The molecule has 7 nitrogen and oxygen atoms in total. The molecule has 1 N–H and O–H groups in total. The number of carbonyl (C=O) groups excluding carboxylic acids is 1. The van der Waals surface area contributed by atoms with Gasteiger partial charge in [0.15, 0.2) is 0 Å². The number of ether oxygens (including phenoxy) is 2. The molecule has 0 saturated heterocycles. The molecule has 27 heavy (non-hydrogen) atoms. The largest absolute Gasteiger partial charge is 0.496 e. The highest BCUT2D eigenvalue weighted by molar-refractivity contribution is 7.99. The van der Waals surface area contributed by atoms with Crippen LogP contribution in [0.2, 0.25) is 0 Å². The minimum atomic E-state index is -0.472. The van der Waals surface area contributed by atoms with Crippen LogP contribution in [0.3, 0.4) is 0 Å². The summed E-state index contributed by atoms with van der Waals surface area (Å²) in [7, 11) is 1.62. The van der Waals surface area contributed by atoms with Gasteiger partial charge in [-0.15, -0.1) is 5.10 Å². The van der Waals surface area contributed by atoms with Crippen LogP contribution in [0.15, 0.2) is 40.7 Å². The van der Waals surface area contributed by atoms with Crippen LogP contribution in [0, 0.1) is 0 Å². The van der Waals surface area contributed by atoms with E-state index in [1.807, 2.05) is 31.2 Å². The summed E-state index contributed by atoms with van der Waals surface area (Å²) in [6.07, 6.45) is 1.03. The molecule has 0 radical (unpaired) electrons. The summed E-state index contributed by atoms with van der Waals surface area (Å²) in [6, 6.07) is 7.15. The lowest BCUT2D eigenvalue weighted by molar-refractivity contribution is -0.139. The Morgan fingerprint density at radius 1 is 1.33 bits per heavy atom. The van der Waals surface area contributed by atoms with Gasteiger partial charge >= 0.3 is 5.97 Å². The van der Waals surface area contributed by atoms with Crippen LogP contribution < -0.4 is 10.1 Å². The van der Waals surface area contributed by atoms with Crippen molar-refractivity contribution in [3.05, 3.63) is 41.1 Å². The molecule has 1 atom stereocenters. The van der Waals surface area contributed by atoms with E-state index < -0.39 is 6.04 Å². The summed E-state index contributed by atoms with van der Waals surface area (Å²) in [4.78, 5) is 17.3. The van der Waals surface area contributed by atoms with Crippen molar-refractivity contribution in [2.24, 2.45) is 0 Å². The lowest BCUT2D eigenvalue weighted by Crippen LogP contribution is -2.30. The van der Waals surface area contributed by atoms with E-state index in [-0.39, 0.29) is 5.97 Å². The number of anilines is 1. The molecular weight excluding hydrogens is 364 g/mol. The molecule has 144 valence electrons. The van der Waals surface area contributed by atoms with Gasteiger partial charge in [-0.1, -0.05) is 36.9 Å². The Kier molecular flexibility index (Phi) is 6.05. The van der Waals surface area contributed by atoms with Crippen molar-refractivity contribution in [2.45, 2.75) is 38.4 Å². The van der Waals surface area contributed by atoms with E-state index in [1.165, 1.54) is 0 Å². The normalized spacial score (nSPS) is 15.9. The molecule has 0 bridgehead atoms. The van der Waals surface area contributed by atoms with Gasteiger partial charge in [0.1, 0.15) is 11.8 Å². The van der Waals surface area contributed by atoms with E-state index in [0.29, 0.717) is 34.7 Å². The molecular formula is C19H24N4O3S. The number of hydrogen-bond acceptors (Lipinski definition) is 7. The van der Waals surface area contributed by atoms with E-state index >= 15 is 0 Å². The second-order valence-electron chi connectivity index (χ2n) is 6.04. The van der Waals surface area contributed by atoms with Crippen molar-refractivity contribution in [3.8, 4) is 5.75 Å². The standard InChI is InChI=1S/C19H24N4O3S/c1-5-11-27-19-21-18-20-12(3)15(17(24)26-6-2)16(23(18)22-19)13-9-7-8-10-14(13)25-4/h7-10,16H,5-6,11H2,1-4H3,(H,20,21,22). The Morgan fingerprint density at radius 2 is 2.11 bits per heavy atom. The van der Waals surface area contributed by atoms with Gasteiger partial charge in [0.05, 0.1) is 19.3 Å². The number of aromatic nitrogens is 3. The maximum atomic E-state index is 12.8. The summed E-state index contributed by atoms with van der Waals surface area (Å²) < 4.78 is 12.6. The predicted octanol–water partition coefficient (Wildman–Crippen LogP) is 3.64. The average Bonchev–Trinajstić information content (AvgIpc) is 3.07. The molecule has 0 spiro atoms. The smallest absolute Gasteiger partial charge is 0.338 e. The van der Waals surface area contributed by atoms with Crippen molar-refractivity contribution in [3.63, 3.8) is 0 Å². The molecule has 1 aromatic carbocycles. The molecule has 1 aliphatic heterocycles. The van der Waals surface area contributed by atoms with Crippen molar-refractivity contribution in [2.75, 3.05) is 24.8 Å². The number of esters is 1. The van der Waals surface area contributed by atoms with Gasteiger partial charge < -0.3 is 14.8 Å². The van der Waals surface area contributed by atoms with Crippen LogP contribution in [0.1, 0.15) is 38.8 Å². The predicted molar refractivity (Wildman–Crippen MR) is 105 cm³/mol. The second-order valence-corrected chi connectivity index (χ2v) is 7.10. The molecule has 0 fully saturated rings. The number of methoxy groups -OCH3 is 1. The minimum Gasteiger partial charge on any atom is -0.496 e. The van der Waals surface area contributed by atoms with Crippen molar-refractivity contribution < 1.29 is 14.3 Å². The quantitative estimate of drug-likeness (QED) is 0.573. The van der Waals surface area contributed by atoms with Crippen LogP contribution >= 0.6 is 11.8 Å². The van der Waals surface area contributed by atoms with Crippen LogP contribution in [0.5, 0.6) is 5.75 Å². The van der Waals surface area contributed by atoms with Crippen LogP contribution in [0.4, 0.5) is 5.95 Å². The molecule has 1 unspecified atom stereocenters. The number of nitrogens with one attached hydrogen (secondary N) is 1. The van der Waals surface area contributed by atoms with Gasteiger partial charge in [0.25, 0.3) is 0 Å². The molecule has 0 amide bonds. The summed E-state index contributed by atoms with van der Waals surface area (Å²) >= 11 is 1.59. The van der Waals surface area contributed by atoms with Gasteiger partial charge in [0, 0.05) is 17.0 Å². The molecule has 0 aliphatic carbocycles. The summed E-state index contributed by atoms with van der Waals surface area (Å²) in [5.41, 5.74) is 2.05. The van der Waals surface area contributed by atoms with Crippen molar-refractivity contribution in [1.82, 2.24) is 14.8 Å². The van der Waals surface area contributed by atoms with E-state index in [0.717, 1.165) is 17.7 Å². The SMILES string of the molecule is CCCSc1nc2n(n1)C(c1ccccc1OC)C(C(=O)OCC)=C(C)N2. The number of carbonyl (C=O) groups is 1. The summed E-state index contributed by atoms with van der Waals surface area (Å²) in [6.45, 7) is 6.06. The fraction of sp³-hybridized carbons (Fsp3) is 0.421. The number of rotatable bonds is 7. The average molecular weight is 388 g/mol. The number of allylic oxidation sites excluding steroid dienone is 1. The molecule has 2 aromatic rings. The Balaban J connectivity index is 2.14. The third-order valence-corrected chi connectivity index (χ3v) is 5.24. The first-order chi connectivity index (χ1) is 13.1. The van der Waals surface area contributed by atoms with Crippen LogP contribution in [-0.2, 0) is 9.53 Å². The zero-order valence-corrected chi connectivity index (χ0v) is 16.8. The molecule has 3 rings (SSSR count). The van der Waals surface area contributed by atoms with Gasteiger partial charge in [-0.05, 0) is 26.3 Å². The zero-order valence-electron chi connectivity index (χ0n) is 16.0. The maximum Gasteiger partial charge on any atom is 0.338 e.